The molecule has 0 unspecified atom stereocenters. The molecule has 0 aliphatic carbocycles. The molecule has 1 N–H and O–H groups in total. The first-order valence-electron chi connectivity index (χ1n) is 6.54. The minimum absolute atomic E-state index is 0. The van der Waals surface area contributed by atoms with Crippen LogP contribution in [0.3, 0.4) is 0 Å². The number of carbonyl (C=O) groups is 1. The van der Waals surface area contributed by atoms with Crippen molar-refractivity contribution in [1.82, 2.24) is 4.90 Å². The van der Waals surface area contributed by atoms with Gasteiger partial charge in [-0.3, -0.25) is 4.90 Å². The van der Waals surface area contributed by atoms with E-state index in [9.17, 15) is 9.90 Å². The van der Waals surface area contributed by atoms with Gasteiger partial charge >= 0.3 is 5.97 Å². The van der Waals surface area contributed by atoms with Crippen molar-refractivity contribution in [2.24, 2.45) is 0 Å². The van der Waals surface area contributed by atoms with Crippen molar-refractivity contribution >= 4 is 18.4 Å². The SMILES string of the molecule is CC(C)(C)c1cc(CN2CCOCC2)c(C(=O)O)o1.Cl. The first-order chi connectivity index (χ1) is 8.88. The second kappa shape index (κ2) is 6.61. The molecule has 5 nitrogen and oxygen atoms in total. The summed E-state index contributed by atoms with van der Waals surface area (Å²) in [5.41, 5.74) is 0.562. The maximum Gasteiger partial charge on any atom is 0.372 e. The zero-order valence-electron chi connectivity index (χ0n) is 12.1. The molecule has 1 aliphatic heterocycles. The van der Waals surface area contributed by atoms with Crippen LogP contribution >= 0.6 is 12.4 Å². The van der Waals surface area contributed by atoms with Crippen molar-refractivity contribution in [1.29, 1.82) is 0 Å². The first kappa shape index (κ1) is 17.0. The number of halogens is 1. The van der Waals surface area contributed by atoms with Crippen LogP contribution in [-0.2, 0) is 16.7 Å². The maximum absolute atomic E-state index is 11.3. The van der Waals surface area contributed by atoms with Gasteiger partial charge < -0.3 is 14.3 Å². The van der Waals surface area contributed by atoms with Gasteiger partial charge in [-0.1, -0.05) is 20.8 Å². The predicted molar refractivity (Wildman–Crippen MR) is 77.7 cm³/mol. The van der Waals surface area contributed by atoms with Gasteiger partial charge in [-0.15, -0.1) is 12.4 Å². The summed E-state index contributed by atoms with van der Waals surface area (Å²) in [6, 6.07) is 1.87. The van der Waals surface area contributed by atoms with Gasteiger partial charge in [-0.2, -0.15) is 0 Å². The quantitative estimate of drug-likeness (QED) is 0.929. The van der Waals surface area contributed by atoms with E-state index in [4.69, 9.17) is 9.15 Å². The summed E-state index contributed by atoms with van der Waals surface area (Å²) in [5.74, 6) is -0.219. The van der Waals surface area contributed by atoms with Gasteiger partial charge in [-0.05, 0) is 6.07 Å². The third-order valence-electron chi connectivity index (χ3n) is 3.24. The van der Waals surface area contributed by atoms with Crippen LogP contribution in [-0.4, -0.2) is 42.3 Å². The van der Waals surface area contributed by atoms with Crippen molar-refractivity contribution in [3.8, 4) is 0 Å². The molecule has 0 aromatic carbocycles. The first-order valence-corrected chi connectivity index (χ1v) is 6.54. The number of rotatable bonds is 3. The van der Waals surface area contributed by atoms with E-state index in [0.717, 1.165) is 18.7 Å². The van der Waals surface area contributed by atoms with Gasteiger partial charge in [0.05, 0.1) is 13.2 Å². The molecule has 0 amide bonds. The Hall–Kier alpha value is -1.04. The molecule has 0 spiro atoms. The lowest BCUT2D eigenvalue weighted by Gasteiger charge is -2.26. The molecule has 1 aromatic heterocycles. The Morgan fingerprint density at radius 2 is 1.95 bits per heavy atom. The van der Waals surface area contributed by atoms with Crippen LogP contribution in [0.4, 0.5) is 0 Å². The van der Waals surface area contributed by atoms with Crippen molar-refractivity contribution in [2.75, 3.05) is 26.3 Å². The second-order valence-electron chi connectivity index (χ2n) is 5.91. The predicted octanol–water partition coefficient (Wildman–Crippen LogP) is 2.53. The van der Waals surface area contributed by atoms with Crippen LogP contribution in [0.5, 0.6) is 0 Å². The van der Waals surface area contributed by atoms with E-state index < -0.39 is 5.97 Å². The molecule has 1 saturated heterocycles. The number of aromatic carboxylic acids is 1. The molecule has 20 heavy (non-hydrogen) atoms. The van der Waals surface area contributed by atoms with Crippen molar-refractivity contribution in [2.45, 2.75) is 32.7 Å². The molecule has 2 heterocycles. The molecule has 6 heteroatoms. The maximum atomic E-state index is 11.3. The highest BCUT2D eigenvalue weighted by Gasteiger charge is 2.26. The topological polar surface area (TPSA) is 62.9 Å². The number of ether oxygens (including phenoxy) is 1. The number of morpholine rings is 1. The average molecular weight is 304 g/mol. The van der Waals surface area contributed by atoms with Crippen molar-refractivity contribution in [3.05, 3.63) is 23.2 Å². The van der Waals surface area contributed by atoms with Crippen LogP contribution in [0.2, 0.25) is 0 Å². The minimum Gasteiger partial charge on any atom is -0.475 e. The zero-order chi connectivity index (χ0) is 14.0. The molecular formula is C14H22ClNO4. The summed E-state index contributed by atoms with van der Waals surface area (Å²) in [5, 5.41) is 9.24. The third-order valence-corrected chi connectivity index (χ3v) is 3.24. The number of carboxylic acids is 1. The highest BCUT2D eigenvalue weighted by atomic mass is 35.5. The summed E-state index contributed by atoms with van der Waals surface area (Å²) in [4.78, 5) is 13.5. The molecule has 0 saturated carbocycles. The summed E-state index contributed by atoms with van der Waals surface area (Å²) in [7, 11) is 0. The number of nitrogens with zero attached hydrogens (tertiary/aromatic N) is 1. The van der Waals surface area contributed by atoms with E-state index in [1.165, 1.54) is 0 Å². The van der Waals surface area contributed by atoms with Crippen LogP contribution < -0.4 is 0 Å². The molecule has 1 aromatic rings. The van der Waals surface area contributed by atoms with E-state index >= 15 is 0 Å². The van der Waals surface area contributed by atoms with Gasteiger partial charge in [-0.25, -0.2) is 4.79 Å². The Kier molecular flexibility index (Phi) is 5.62. The van der Waals surface area contributed by atoms with Gasteiger partial charge in [0.25, 0.3) is 0 Å². The Morgan fingerprint density at radius 3 is 2.45 bits per heavy atom. The Labute approximate surface area is 125 Å². The number of hydrogen-bond acceptors (Lipinski definition) is 4. The molecule has 0 bridgehead atoms. The van der Waals surface area contributed by atoms with E-state index in [2.05, 4.69) is 4.90 Å². The van der Waals surface area contributed by atoms with Gasteiger partial charge in [0.1, 0.15) is 5.76 Å². The average Bonchev–Trinajstić information content (AvgIpc) is 2.74. The standard InChI is InChI=1S/C14H21NO4.ClH/c1-14(2,3)11-8-10(12(19-11)13(16)17)9-15-4-6-18-7-5-15;/h8H,4-7,9H2,1-3H3,(H,16,17);1H. The zero-order valence-corrected chi connectivity index (χ0v) is 13.0. The molecule has 114 valence electrons. The lowest BCUT2D eigenvalue weighted by Crippen LogP contribution is -2.35. The van der Waals surface area contributed by atoms with E-state index in [1.54, 1.807) is 0 Å². The number of furan rings is 1. The summed E-state index contributed by atoms with van der Waals surface area (Å²) in [6.07, 6.45) is 0. The van der Waals surface area contributed by atoms with Gasteiger partial charge in [0.15, 0.2) is 0 Å². The van der Waals surface area contributed by atoms with Crippen LogP contribution in [0.25, 0.3) is 0 Å². The van der Waals surface area contributed by atoms with Crippen molar-refractivity contribution < 1.29 is 19.1 Å². The lowest BCUT2D eigenvalue weighted by molar-refractivity contribution is 0.0337. The van der Waals surface area contributed by atoms with Gasteiger partial charge in [0.2, 0.25) is 5.76 Å². The highest BCUT2D eigenvalue weighted by molar-refractivity contribution is 5.86. The van der Waals surface area contributed by atoms with Crippen LogP contribution in [0, 0.1) is 0 Å². The normalized spacial score (nSPS) is 16.8. The Bertz CT molecular complexity index is 458. The molecule has 1 aliphatic rings. The lowest BCUT2D eigenvalue weighted by atomic mass is 9.93. The fourth-order valence-electron chi connectivity index (χ4n) is 2.10. The number of carboxylic acid groups (broad SMARTS) is 1. The minimum atomic E-state index is -1.00. The monoisotopic (exact) mass is 303 g/mol. The van der Waals surface area contributed by atoms with E-state index in [-0.39, 0.29) is 23.6 Å². The smallest absolute Gasteiger partial charge is 0.372 e. The summed E-state index contributed by atoms with van der Waals surface area (Å²) >= 11 is 0. The fraction of sp³-hybridized carbons (Fsp3) is 0.643. The number of hydrogen-bond donors (Lipinski definition) is 1. The van der Waals surface area contributed by atoms with Crippen LogP contribution in [0.1, 0.15) is 42.6 Å². The third kappa shape index (κ3) is 3.98. The molecular weight excluding hydrogens is 282 g/mol. The molecule has 0 radical (unpaired) electrons. The van der Waals surface area contributed by atoms with E-state index in [0.29, 0.717) is 25.5 Å². The summed E-state index contributed by atoms with van der Waals surface area (Å²) < 4.78 is 10.8. The summed E-state index contributed by atoms with van der Waals surface area (Å²) in [6.45, 7) is 9.69. The van der Waals surface area contributed by atoms with Crippen molar-refractivity contribution in [3.63, 3.8) is 0 Å². The molecule has 1 fully saturated rings. The largest absolute Gasteiger partial charge is 0.475 e. The Balaban J connectivity index is 0.00000200. The van der Waals surface area contributed by atoms with E-state index in [1.807, 2.05) is 26.8 Å². The van der Waals surface area contributed by atoms with Gasteiger partial charge in [0, 0.05) is 30.6 Å². The Morgan fingerprint density at radius 1 is 1.35 bits per heavy atom. The van der Waals surface area contributed by atoms with Crippen LogP contribution in [0.15, 0.2) is 10.5 Å². The second-order valence-corrected chi connectivity index (χ2v) is 5.91. The molecule has 0 atom stereocenters. The molecule has 2 rings (SSSR count). The highest BCUT2D eigenvalue weighted by Crippen LogP contribution is 2.28. The fourth-order valence-corrected chi connectivity index (χ4v) is 2.10.